The molecule has 2 aromatic rings. The maximum Gasteiger partial charge on any atom is 0.430 e. The molecular weight excluding hydrogens is 396 g/mol. The zero-order valence-electron chi connectivity index (χ0n) is 17.5. The minimum Gasteiger partial charge on any atom is -0.451 e. The maximum atomic E-state index is 13.0. The second-order valence-electron chi connectivity index (χ2n) is 7.47. The van der Waals surface area contributed by atoms with Crippen molar-refractivity contribution in [1.29, 1.82) is 0 Å². The van der Waals surface area contributed by atoms with Crippen LogP contribution >= 0.6 is 0 Å². The van der Waals surface area contributed by atoms with Gasteiger partial charge in [-0.05, 0) is 18.1 Å². The van der Waals surface area contributed by atoms with Gasteiger partial charge in [-0.2, -0.15) is 10.0 Å². The van der Waals surface area contributed by atoms with E-state index in [9.17, 15) is 14.4 Å². The van der Waals surface area contributed by atoms with Crippen LogP contribution in [-0.4, -0.2) is 57.4 Å². The number of benzene rings is 2. The van der Waals surface area contributed by atoms with Gasteiger partial charge < -0.3 is 9.64 Å². The van der Waals surface area contributed by atoms with Crippen LogP contribution in [0.15, 0.2) is 72.7 Å². The lowest BCUT2D eigenvalue weighted by Crippen LogP contribution is -2.65. The summed E-state index contributed by atoms with van der Waals surface area (Å²) in [7, 11) is 1.30. The molecule has 8 nitrogen and oxygen atoms in total. The third kappa shape index (κ3) is 4.02. The van der Waals surface area contributed by atoms with Crippen molar-refractivity contribution in [3.8, 4) is 0 Å². The SMILES string of the molecule is COC(=O)N1C2=CN(Cc3ccccc3)C(=O)C(C)N2C(=O)CN1Cc1ccccc1. The van der Waals surface area contributed by atoms with Gasteiger partial charge in [0.2, 0.25) is 11.8 Å². The van der Waals surface area contributed by atoms with Crippen LogP contribution in [0, 0.1) is 0 Å². The van der Waals surface area contributed by atoms with Crippen molar-refractivity contribution < 1.29 is 19.1 Å². The van der Waals surface area contributed by atoms with E-state index in [1.807, 2.05) is 60.7 Å². The second kappa shape index (κ2) is 8.61. The van der Waals surface area contributed by atoms with Gasteiger partial charge in [0, 0.05) is 6.54 Å². The molecule has 3 amide bonds. The third-order valence-corrected chi connectivity index (χ3v) is 5.38. The highest BCUT2D eigenvalue weighted by atomic mass is 16.5. The highest BCUT2D eigenvalue weighted by molar-refractivity contribution is 5.93. The minimum atomic E-state index is -0.734. The number of carbonyl (C=O) groups is 3. The van der Waals surface area contributed by atoms with Crippen molar-refractivity contribution in [2.45, 2.75) is 26.1 Å². The number of methoxy groups -OCH3 is 1. The predicted octanol–water partition coefficient (Wildman–Crippen LogP) is 2.54. The fraction of sp³-hybridized carbons (Fsp3) is 0.261. The molecule has 0 radical (unpaired) electrons. The Kier molecular flexibility index (Phi) is 5.73. The molecule has 1 unspecified atom stereocenters. The van der Waals surface area contributed by atoms with Gasteiger partial charge in [0.25, 0.3) is 0 Å². The van der Waals surface area contributed by atoms with Crippen LogP contribution in [0.2, 0.25) is 0 Å². The molecule has 0 aliphatic carbocycles. The average molecular weight is 420 g/mol. The summed E-state index contributed by atoms with van der Waals surface area (Å²) in [5, 5.41) is 2.98. The Morgan fingerprint density at radius 2 is 1.55 bits per heavy atom. The largest absolute Gasteiger partial charge is 0.451 e. The quantitative estimate of drug-likeness (QED) is 0.760. The minimum absolute atomic E-state index is 0.0440. The highest BCUT2D eigenvalue weighted by Gasteiger charge is 2.46. The van der Waals surface area contributed by atoms with Gasteiger partial charge in [0.15, 0.2) is 5.82 Å². The predicted molar refractivity (Wildman–Crippen MR) is 112 cm³/mol. The molecule has 0 saturated carbocycles. The summed E-state index contributed by atoms with van der Waals surface area (Å²) in [6.07, 6.45) is 0.933. The highest BCUT2D eigenvalue weighted by Crippen LogP contribution is 2.30. The van der Waals surface area contributed by atoms with Crippen LogP contribution < -0.4 is 0 Å². The lowest BCUT2D eigenvalue weighted by Gasteiger charge is -2.48. The summed E-state index contributed by atoms with van der Waals surface area (Å²) < 4.78 is 5.02. The summed E-state index contributed by atoms with van der Waals surface area (Å²) in [6.45, 7) is 2.31. The molecule has 8 heteroatoms. The number of nitrogens with zero attached hydrogens (tertiary/aromatic N) is 4. The van der Waals surface area contributed by atoms with Crippen molar-refractivity contribution in [3.05, 3.63) is 83.8 Å². The van der Waals surface area contributed by atoms with E-state index in [0.29, 0.717) is 18.9 Å². The van der Waals surface area contributed by atoms with Gasteiger partial charge in [-0.1, -0.05) is 60.7 Å². The van der Waals surface area contributed by atoms with Crippen molar-refractivity contribution in [3.63, 3.8) is 0 Å². The van der Waals surface area contributed by atoms with Crippen LogP contribution in [0.3, 0.4) is 0 Å². The van der Waals surface area contributed by atoms with Crippen molar-refractivity contribution >= 4 is 17.9 Å². The number of rotatable bonds is 4. The average Bonchev–Trinajstić information content (AvgIpc) is 2.78. The monoisotopic (exact) mass is 420 g/mol. The summed E-state index contributed by atoms with van der Waals surface area (Å²) in [6, 6.07) is 18.4. The first-order chi connectivity index (χ1) is 15.0. The van der Waals surface area contributed by atoms with Gasteiger partial charge in [-0.15, -0.1) is 0 Å². The van der Waals surface area contributed by atoms with Crippen LogP contribution in [-0.2, 0) is 27.4 Å². The van der Waals surface area contributed by atoms with Crippen molar-refractivity contribution in [1.82, 2.24) is 19.8 Å². The Morgan fingerprint density at radius 1 is 0.968 bits per heavy atom. The van der Waals surface area contributed by atoms with Crippen LogP contribution in [0.5, 0.6) is 0 Å². The summed E-state index contributed by atoms with van der Waals surface area (Å²) >= 11 is 0. The lowest BCUT2D eigenvalue weighted by atomic mass is 10.1. The zero-order valence-corrected chi connectivity index (χ0v) is 17.5. The van der Waals surface area contributed by atoms with E-state index in [1.165, 1.54) is 17.0 Å². The Morgan fingerprint density at radius 3 is 2.13 bits per heavy atom. The number of hydrazine groups is 1. The molecule has 0 bridgehead atoms. The number of carbonyl (C=O) groups excluding carboxylic acids is 3. The van der Waals surface area contributed by atoms with Gasteiger partial charge in [0.1, 0.15) is 6.04 Å². The first kappa shape index (κ1) is 20.6. The summed E-state index contributed by atoms with van der Waals surface area (Å²) in [4.78, 5) is 41.7. The van der Waals surface area contributed by atoms with E-state index in [-0.39, 0.29) is 18.4 Å². The molecule has 2 heterocycles. The summed E-state index contributed by atoms with van der Waals surface area (Å²) in [5.41, 5.74) is 1.89. The second-order valence-corrected chi connectivity index (χ2v) is 7.47. The normalized spacial score (nSPS) is 19.2. The molecule has 160 valence electrons. The van der Waals surface area contributed by atoms with E-state index < -0.39 is 12.1 Å². The van der Waals surface area contributed by atoms with Gasteiger partial charge in [0.05, 0.1) is 26.4 Å². The van der Waals surface area contributed by atoms with Crippen LogP contribution in [0.25, 0.3) is 0 Å². The Bertz CT molecular complexity index is 1010. The maximum absolute atomic E-state index is 13.0. The van der Waals surface area contributed by atoms with Crippen molar-refractivity contribution in [2.75, 3.05) is 13.7 Å². The number of ether oxygens (including phenoxy) is 1. The van der Waals surface area contributed by atoms with E-state index in [1.54, 1.807) is 23.0 Å². The molecule has 2 aromatic carbocycles. The van der Waals surface area contributed by atoms with Gasteiger partial charge in [-0.25, -0.2) is 4.79 Å². The van der Waals surface area contributed by atoms with E-state index in [0.717, 1.165) is 11.1 Å². The molecule has 0 aromatic heterocycles. The molecule has 2 aliphatic rings. The van der Waals surface area contributed by atoms with E-state index in [4.69, 9.17) is 4.74 Å². The van der Waals surface area contributed by atoms with Gasteiger partial charge in [-0.3, -0.25) is 14.5 Å². The molecule has 0 N–H and O–H groups in total. The molecule has 0 spiro atoms. The first-order valence-corrected chi connectivity index (χ1v) is 10.0. The number of hydrogen-bond donors (Lipinski definition) is 0. The topological polar surface area (TPSA) is 73.4 Å². The lowest BCUT2D eigenvalue weighted by molar-refractivity contribution is -0.159. The standard InChI is InChI=1S/C23H24N4O4/c1-17-22(29)24(13-18-9-5-3-6-10-18)15-20-26(17)21(28)16-25(27(20)23(30)31-2)14-19-11-7-4-8-12-19/h3-12,15,17H,13-14,16H2,1-2H3. The number of fused-ring (bicyclic) bond motifs is 1. The smallest absolute Gasteiger partial charge is 0.430 e. The number of amides is 3. The Hall–Kier alpha value is -3.65. The van der Waals surface area contributed by atoms with E-state index >= 15 is 0 Å². The zero-order chi connectivity index (χ0) is 22.0. The molecule has 1 fully saturated rings. The number of hydrogen-bond acceptors (Lipinski definition) is 5. The third-order valence-electron chi connectivity index (χ3n) is 5.38. The molecule has 1 saturated heterocycles. The van der Waals surface area contributed by atoms with Crippen LogP contribution in [0.1, 0.15) is 18.1 Å². The molecule has 1 atom stereocenters. The fourth-order valence-corrected chi connectivity index (χ4v) is 3.88. The molecular formula is C23H24N4O4. The Balaban J connectivity index is 1.72. The van der Waals surface area contributed by atoms with Gasteiger partial charge >= 0.3 is 6.09 Å². The molecule has 2 aliphatic heterocycles. The van der Waals surface area contributed by atoms with Crippen molar-refractivity contribution in [2.24, 2.45) is 0 Å². The van der Waals surface area contributed by atoms with E-state index in [2.05, 4.69) is 0 Å². The fourth-order valence-electron chi connectivity index (χ4n) is 3.88. The Labute approximate surface area is 180 Å². The molecule has 31 heavy (non-hydrogen) atoms. The van der Waals surface area contributed by atoms with Crippen LogP contribution in [0.4, 0.5) is 4.79 Å². The molecule has 4 rings (SSSR count). The first-order valence-electron chi connectivity index (χ1n) is 10.0. The summed E-state index contributed by atoms with van der Waals surface area (Å²) in [5.74, 6) is -0.146.